The Balaban J connectivity index is 1.44. The van der Waals surface area contributed by atoms with Crippen molar-refractivity contribution >= 4 is 49.6 Å². The van der Waals surface area contributed by atoms with Gasteiger partial charge >= 0.3 is 5.97 Å². The molecule has 0 bridgehead atoms. The molecule has 3 aromatic carbocycles. The number of benzene rings is 3. The lowest BCUT2D eigenvalue weighted by Gasteiger charge is -2.22. The summed E-state index contributed by atoms with van der Waals surface area (Å²) in [5, 5.41) is 12.2. The molecule has 0 spiro atoms. The molecule has 200 valence electrons. The number of hydrogen-bond acceptors (Lipinski definition) is 4. The van der Waals surface area contributed by atoms with Gasteiger partial charge < -0.3 is 29.6 Å². The molecule has 0 aliphatic heterocycles. The minimum absolute atomic E-state index is 0.0972. The average molecular weight is 523 g/mol. The molecule has 9 heteroatoms. The summed E-state index contributed by atoms with van der Waals surface area (Å²) in [5.74, 6) is -0.864. The van der Waals surface area contributed by atoms with Crippen molar-refractivity contribution in [1.82, 2.24) is 19.8 Å². The Morgan fingerprint density at radius 2 is 1.39 bits per heavy atom. The number of carbonyl (C=O) groups is 1. The van der Waals surface area contributed by atoms with E-state index in [0.717, 1.165) is 63.1 Å². The molecule has 3 N–H and O–H groups in total. The first-order chi connectivity index (χ1) is 18.3. The van der Waals surface area contributed by atoms with E-state index in [4.69, 9.17) is 9.84 Å². The molecule has 7 nitrogen and oxygen atoms in total. The van der Waals surface area contributed by atoms with Crippen molar-refractivity contribution in [2.75, 3.05) is 46.9 Å². The van der Waals surface area contributed by atoms with Gasteiger partial charge in [0.1, 0.15) is 11.6 Å². The van der Waals surface area contributed by atoms with Gasteiger partial charge in [-0.3, -0.25) is 4.79 Å². The summed E-state index contributed by atoms with van der Waals surface area (Å²) in [4.78, 5) is 22.2. The lowest BCUT2D eigenvalue weighted by molar-refractivity contribution is -0.137. The van der Waals surface area contributed by atoms with Crippen LogP contribution in [0.15, 0.2) is 42.5 Å². The first-order valence-corrected chi connectivity index (χ1v) is 12.9. The Kier molecular flexibility index (Phi) is 7.49. The Morgan fingerprint density at radius 3 is 1.95 bits per heavy atom. The molecule has 0 atom stereocenters. The van der Waals surface area contributed by atoms with Gasteiger partial charge in [0, 0.05) is 45.7 Å². The molecule has 5 rings (SSSR count). The zero-order valence-electron chi connectivity index (χ0n) is 21.6. The molecule has 2 aromatic heterocycles. The van der Waals surface area contributed by atoms with E-state index in [0.29, 0.717) is 31.9 Å². The van der Waals surface area contributed by atoms with Crippen LogP contribution in [0.3, 0.4) is 0 Å². The monoisotopic (exact) mass is 522 g/mol. The number of H-pyrrole nitrogens is 2. The molecule has 5 aromatic rings. The number of aromatic amines is 2. The second kappa shape index (κ2) is 11.0. The topological polar surface area (TPSA) is 84.6 Å². The van der Waals surface area contributed by atoms with Gasteiger partial charge in [-0.2, -0.15) is 0 Å². The maximum Gasteiger partial charge on any atom is 0.304 e. The number of nitrogens with one attached hydrogen (secondary N) is 2. The highest BCUT2D eigenvalue weighted by Gasteiger charge is 2.18. The molecule has 38 heavy (non-hydrogen) atoms. The van der Waals surface area contributed by atoms with Crippen LogP contribution >= 0.6 is 0 Å². The zero-order valence-corrected chi connectivity index (χ0v) is 21.6. The van der Waals surface area contributed by atoms with E-state index in [-0.39, 0.29) is 18.1 Å². The summed E-state index contributed by atoms with van der Waals surface area (Å²) < 4.78 is 34.6. The normalized spacial score (nSPS) is 12.2. The predicted octanol–water partition coefficient (Wildman–Crippen LogP) is 5.73. The number of carboxylic acid groups (broad SMARTS) is 1. The number of fused-ring (bicyclic) bond motifs is 6. The van der Waals surface area contributed by atoms with Crippen LogP contribution in [0.5, 0.6) is 5.75 Å². The number of nitrogens with zero attached hydrogens (tertiary/aromatic N) is 2. The Morgan fingerprint density at radius 1 is 0.816 bits per heavy atom. The summed E-state index contributed by atoms with van der Waals surface area (Å²) in [6.07, 6.45) is 1.74. The third-order valence-corrected chi connectivity index (χ3v) is 6.93. The SMILES string of the molecule is CN(C)CCCN(CCCOc1c2[nH]c3ccc(F)cc3c2cc2c1[nH]c1ccc(F)cc12)CCC(=O)O. The number of aliphatic carboxylic acids is 1. The number of rotatable bonds is 12. The van der Waals surface area contributed by atoms with E-state index >= 15 is 0 Å². The molecule has 0 saturated heterocycles. The van der Waals surface area contributed by atoms with E-state index in [9.17, 15) is 13.6 Å². The lowest BCUT2D eigenvalue weighted by Crippen LogP contribution is -2.31. The van der Waals surface area contributed by atoms with Crippen molar-refractivity contribution in [1.29, 1.82) is 0 Å². The van der Waals surface area contributed by atoms with Crippen LogP contribution in [0.25, 0.3) is 43.6 Å². The summed E-state index contributed by atoms with van der Waals surface area (Å²) in [5.41, 5.74) is 3.07. The van der Waals surface area contributed by atoms with Gasteiger partial charge in [0.15, 0.2) is 5.75 Å². The van der Waals surface area contributed by atoms with Gasteiger partial charge in [0.05, 0.1) is 24.1 Å². The van der Waals surface area contributed by atoms with E-state index in [2.05, 4.69) is 19.8 Å². The summed E-state index contributed by atoms with van der Waals surface area (Å²) in [6, 6.07) is 11.2. The standard InChI is InChI=1S/C29H32F2N4O3/c1-34(2)10-3-11-35(13-9-26(36)37)12-4-14-38-29-27-22(20-15-18(30)5-7-24(20)32-27)17-23-21-16-19(31)6-8-25(21)33-28(23)29/h5-8,15-17,32-33H,3-4,9-14H2,1-2H3,(H,36,37). The first-order valence-electron chi connectivity index (χ1n) is 12.9. The maximum absolute atomic E-state index is 14.1. The molecule has 2 heterocycles. The summed E-state index contributed by atoms with van der Waals surface area (Å²) in [6.45, 7) is 3.34. The van der Waals surface area contributed by atoms with Crippen LogP contribution in [0.4, 0.5) is 8.78 Å². The van der Waals surface area contributed by atoms with E-state index in [1.165, 1.54) is 24.3 Å². The van der Waals surface area contributed by atoms with Gasteiger partial charge in [-0.05, 0) is 82.5 Å². The van der Waals surface area contributed by atoms with Crippen LogP contribution in [0, 0.1) is 11.6 Å². The largest absolute Gasteiger partial charge is 0.489 e. The van der Waals surface area contributed by atoms with E-state index in [1.807, 2.05) is 20.2 Å². The smallest absolute Gasteiger partial charge is 0.304 e. The van der Waals surface area contributed by atoms with Crippen molar-refractivity contribution in [3.8, 4) is 5.75 Å². The fourth-order valence-corrected chi connectivity index (χ4v) is 5.10. The van der Waals surface area contributed by atoms with Crippen molar-refractivity contribution in [2.24, 2.45) is 0 Å². The molecule has 0 aliphatic rings. The van der Waals surface area contributed by atoms with Crippen LogP contribution in [-0.2, 0) is 4.79 Å². The fraction of sp³-hybridized carbons (Fsp3) is 0.345. The van der Waals surface area contributed by atoms with Crippen LogP contribution in [0.2, 0.25) is 0 Å². The third kappa shape index (κ3) is 5.44. The molecule has 0 radical (unpaired) electrons. The molecular weight excluding hydrogens is 490 g/mol. The Hall–Kier alpha value is -3.69. The molecule has 0 fully saturated rings. The molecule has 0 amide bonds. The molecule has 0 unspecified atom stereocenters. The van der Waals surface area contributed by atoms with Gasteiger partial charge in [-0.15, -0.1) is 0 Å². The quantitative estimate of drug-likeness (QED) is 0.182. The minimum Gasteiger partial charge on any atom is -0.489 e. The van der Waals surface area contributed by atoms with Crippen LogP contribution < -0.4 is 4.74 Å². The number of halogens is 2. The lowest BCUT2D eigenvalue weighted by atomic mass is 10.1. The highest BCUT2D eigenvalue weighted by Crippen LogP contribution is 2.41. The number of aromatic nitrogens is 2. The number of hydrogen-bond donors (Lipinski definition) is 3. The van der Waals surface area contributed by atoms with Crippen LogP contribution in [-0.4, -0.2) is 77.7 Å². The molecule has 0 aliphatic carbocycles. The Labute approximate surface area is 219 Å². The highest BCUT2D eigenvalue weighted by molar-refractivity contribution is 6.20. The molecular formula is C29H32F2N4O3. The number of carboxylic acids is 1. The predicted molar refractivity (Wildman–Crippen MR) is 147 cm³/mol. The first kappa shape index (κ1) is 25.9. The van der Waals surface area contributed by atoms with Crippen molar-refractivity contribution in [2.45, 2.75) is 19.3 Å². The second-order valence-electron chi connectivity index (χ2n) is 10.0. The van der Waals surface area contributed by atoms with Crippen LogP contribution in [0.1, 0.15) is 19.3 Å². The minimum atomic E-state index is -0.807. The van der Waals surface area contributed by atoms with Gasteiger partial charge in [-0.25, -0.2) is 8.78 Å². The summed E-state index contributed by atoms with van der Waals surface area (Å²) >= 11 is 0. The highest BCUT2D eigenvalue weighted by atomic mass is 19.1. The third-order valence-electron chi connectivity index (χ3n) is 6.93. The Bertz CT molecular complexity index is 1510. The van der Waals surface area contributed by atoms with Gasteiger partial charge in [-0.1, -0.05) is 0 Å². The number of ether oxygens (including phenoxy) is 1. The molecule has 0 saturated carbocycles. The fourth-order valence-electron chi connectivity index (χ4n) is 5.10. The maximum atomic E-state index is 14.1. The summed E-state index contributed by atoms with van der Waals surface area (Å²) in [7, 11) is 4.04. The van der Waals surface area contributed by atoms with Crippen molar-refractivity contribution < 1.29 is 23.4 Å². The second-order valence-corrected chi connectivity index (χ2v) is 10.0. The van der Waals surface area contributed by atoms with Gasteiger partial charge in [0.25, 0.3) is 0 Å². The van der Waals surface area contributed by atoms with E-state index in [1.54, 1.807) is 12.1 Å². The average Bonchev–Trinajstić information content (AvgIpc) is 3.41. The zero-order chi connectivity index (χ0) is 26.8. The van der Waals surface area contributed by atoms with Crippen molar-refractivity contribution in [3.05, 3.63) is 54.1 Å². The van der Waals surface area contributed by atoms with Crippen molar-refractivity contribution in [3.63, 3.8) is 0 Å². The van der Waals surface area contributed by atoms with Gasteiger partial charge in [0.2, 0.25) is 0 Å². The van der Waals surface area contributed by atoms with E-state index < -0.39 is 5.97 Å².